The zero-order chi connectivity index (χ0) is 24.3. The summed E-state index contributed by atoms with van der Waals surface area (Å²) in [6.07, 6.45) is 0.532. The lowest BCUT2D eigenvalue weighted by Gasteiger charge is -2.29. The number of ether oxygens (including phenoxy) is 2. The molecule has 0 aromatic rings. The summed E-state index contributed by atoms with van der Waals surface area (Å²) in [5, 5.41) is 18.1. The van der Waals surface area contributed by atoms with Crippen LogP contribution in [-0.2, 0) is 28.7 Å². The maximum Gasteiger partial charge on any atom is 0.306 e. The van der Waals surface area contributed by atoms with Crippen molar-refractivity contribution in [1.82, 2.24) is 9.80 Å². The van der Waals surface area contributed by atoms with Gasteiger partial charge in [-0.2, -0.15) is 0 Å². The monoisotopic (exact) mass is 458 g/mol. The summed E-state index contributed by atoms with van der Waals surface area (Å²) in [5.74, 6) is -4.13. The number of carbonyl (C=O) groups is 4. The quantitative estimate of drug-likeness (QED) is 0.554. The molecule has 1 saturated heterocycles. The Labute approximate surface area is 189 Å². The van der Waals surface area contributed by atoms with Gasteiger partial charge in [0.15, 0.2) is 0 Å². The number of carboxylic acid groups (broad SMARTS) is 2. The molecular formula is C22H38N2O8. The van der Waals surface area contributed by atoms with E-state index in [-0.39, 0.29) is 24.7 Å². The van der Waals surface area contributed by atoms with E-state index in [1.807, 2.05) is 0 Å². The Bertz CT molecular complexity index is 575. The van der Waals surface area contributed by atoms with Crippen LogP contribution in [-0.4, -0.2) is 96.4 Å². The molecule has 0 aliphatic carbocycles. The van der Waals surface area contributed by atoms with Gasteiger partial charge in [-0.15, -0.1) is 0 Å². The van der Waals surface area contributed by atoms with Gasteiger partial charge < -0.3 is 29.5 Å². The van der Waals surface area contributed by atoms with E-state index in [2.05, 4.69) is 0 Å². The van der Waals surface area contributed by atoms with Gasteiger partial charge in [0.05, 0.1) is 38.3 Å². The molecule has 32 heavy (non-hydrogen) atoms. The standard InChI is InChI=1S/C22H38N2O8/c1-15(13-17(3)21(27)28)19(25)23-5-9-31-11-7-24(8-12-32-10-6-23)20(26)16(2)14-18(4)22(29)30/h15-18H,5-14H2,1-4H3,(H,27,28)(H,29,30)/t15-,16-,17-,18+/m1/s1. The summed E-state index contributed by atoms with van der Waals surface area (Å²) < 4.78 is 11.3. The van der Waals surface area contributed by atoms with Gasteiger partial charge in [-0.25, -0.2) is 0 Å². The number of aliphatic carboxylic acids is 2. The van der Waals surface area contributed by atoms with E-state index >= 15 is 0 Å². The zero-order valence-corrected chi connectivity index (χ0v) is 19.6. The van der Waals surface area contributed by atoms with Crippen molar-refractivity contribution in [2.45, 2.75) is 40.5 Å². The molecule has 1 heterocycles. The first-order chi connectivity index (χ1) is 15.0. The first-order valence-electron chi connectivity index (χ1n) is 11.2. The predicted molar refractivity (Wildman–Crippen MR) is 116 cm³/mol. The Morgan fingerprint density at radius 3 is 1.16 bits per heavy atom. The molecule has 1 aliphatic heterocycles. The topological polar surface area (TPSA) is 134 Å². The fourth-order valence-electron chi connectivity index (χ4n) is 3.65. The Balaban J connectivity index is 2.60. The van der Waals surface area contributed by atoms with Crippen molar-refractivity contribution in [3.05, 3.63) is 0 Å². The van der Waals surface area contributed by atoms with Crippen molar-refractivity contribution >= 4 is 23.8 Å². The maximum atomic E-state index is 12.8. The summed E-state index contributed by atoms with van der Waals surface area (Å²) in [6, 6.07) is 0. The zero-order valence-electron chi connectivity index (χ0n) is 19.6. The first-order valence-corrected chi connectivity index (χ1v) is 11.2. The highest BCUT2D eigenvalue weighted by Crippen LogP contribution is 2.16. The molecule has 2 N–H and O–H groups in total. The summed E-state index contributed by atoms with van der Waals surface area (Å²) >= 11 is 0. The number of amides is 2. The van der Waals surface area contributed by atoms with Crippen molar-refractivity contribution in [3.8, 4) is 0 Å². The third-order valence-electron chi connectivity index (χ3n) is 5.75. The molecule has 184 valence electrons. The molecule has 0 bridgehead atoms. The molecule has 1 aliphatic rings. The van der Waals surface area contributed by atoms with Gasteiger partial charge in [-0.1, -0.05) is 27.7 Å². The van der Waals surface area contributed by atoms with Crippen LogP contribution >= 0.6 is 0 Å². The molecule has 0 aromatic heterocycles. The molecule has 0 spiro atoms. The van der Waals surface area contributed by atoms with Crippen LogP contribution in [0.5, 0.6) is 0 Å². The highest BCUT2D eigenvalue weighted by molar-refractivity contribution is 5.80. The van der Waals surface area contributed by atoms with E-state index in [1.165, 1.54) is 0 Å². The number of nitrogens with zero attached hydrogens (tertiary/aromatic N) is 2. The van der Waals surface area contributed by atoms with Crippen LogP contribution in [0, 0.1) is 23.7 Å². The minimum atomic E-state index is -0.921. The van der Waals surface area contributed by atoms with E-state index in [0.717, 1.165) is 0 Å². The van der Waals surface area contributed by atoms with Crippen LogP contribution < -0.4 is 0 Å². The highest BCUT2D eigenvalue weighted by atomic mass is 16.5. The lowest BCUT2D eigenvalue weighted by molar-refractivity contribution is -0.144. The van der Waals surface area contributed by atoms with Gasteiger partial charge in [0, 0.05) is 38.0 Å². The van der Waals surface area contributed by atoms with Crippen LogP contribution in [0.4, 0.5) is 0 Å². The number of hydrogen-bond acceptors (Lipinski definition) is 6. The van der Waals surface area contributed by atoms with Crippen molar-refractivity contribution in [3.63, 3.8) is 0 Å². The molecule has 10 heteroatoms. The van der Waals surface area contributed by atoms with E-state index in [4.69, 9.17) is 19.7 Å². The fourth-order valence-corrected chi connectivity index (χ4v) is 3.65. The van der Waals surface area contributed by atoms with E-state index in [0.29, 0.717) is 52.6 Å². The molecule has 0 saturated carbocycles. The Morgan fingerprint density at radius 1 is 0.625 bits per heavy atom. The van der Waals surface area contributed by atoms with Gasteiger partial charge in [-0.05, 0) is 12.8 Å². The minimum absolute atomic E-state index is 0.125. The second-order valence-electron chi connectivity index (χ2n) is 8.63. The van der Waals surface area contributed by atoms with Crippen molar-refractivity contribution in [2.24, 2.45) is 23.7 Å². The highest BCUT2D eigenvalue weighted by Gasteiger charge is 2.26. The van der Waals surface area contributed by atoms with Crippen LogP contribution in [0.1, 0.15) is 40.5 Å². The molecule has 2 amide bonds. The van der Waals surface area contributed by atoms with Gasteiger partial charge in [-0.3, -0.25) is 19.2 Å². The Kier molecular flexibility index (Phi) is 12.2. The van der Waals surface area contributed by atoms with Crippen molar-refractivity contribution < 1.29 is 38.9 Å². The summed E-state index contributed by atoms with van der Waals surface area (Å²) in [4.78, 5) is 50.9. The smallest absolute Gasteiger partial charge is 0.306 e. The molecule has 4 atom stereocenters. The third-order valence-corrected chi connectivity index (χ3v) is 5.75. The number of rotatable bonds is 8. The Morgan fingerprint density at radius 2 is 0.906 bits per heavy atom. The molecule has 0 aromatic carbocycles. The van der Waals surface area contributed by atoms with E-state index in [1.54, 1.807) is 37.5 Å². The van der Waals surface area contributed by atoms with Gasteiger partial charge in [0.25, 0.3) is 0 Å². The Hall–Kier alpha value is -2.20. The van der Waals surface area contributed by atoms with E-state index < -0.39 is 35.6 Å². The third kappa shape index (κ3) is 9.52. The number of carboxylic acids is 2. The molecule has 0 radical (unpaired) electrons. The summed E-state index contributed by atoms with van der Waals surface area (Å²) in [5.41, 5.74) is 0. The molecule has 10 nitrogen and oxygen atoms in total. The maximum absolute atomic E-state index is 12.8. The molecular weight excluding hydrogens is 420 g/mol. The van der Waals surface area contributed by atoms with Crippen molar-refractivity contribution in [1.29, 1.82) is 0 Å². The average molecular weight is 459 g/mol. The van der Waals surface area contributed by atoms with E-state index in [9.17, 15) is 19.2 Å². The van der Waals surface area contributed by atoms with Crippen molar-refractivity contribution in [2.75, 3.05) is 52.6 Å². The predicted octanol–water partition coefficient (Wildman–Crippen LogP) is 1.18. The lowest BCUT2D eigenvalue weighted by atomic mass is 9.96. The second-order valence-corrected chi connectivity index (χ2v) is 8.63. The first kappa shape index (κ1) is 27.8. The largest absolute Gasteiger partial charge is 0.481 e. The minimum Gasteiger partial charge on any atom is -0.481 e. The van der Waals surface area contributed by atoms with Crippen LogP contribution in [0.3, 0.4) is 0 Å². The lowest BCUT2D eigenvalue weighted by Crippen LogP contribution is -2.43. The molecule has 1 rings (SSSR count). The average Bonchev–Trinajstić information content (AvgIpc) is 2.72. The summed E-state index contributed by atoms with van der Waals surface area (Å²) in [6.45, 7) is 9.23. The number of hydrogen-bond donors (Lipinski definition) is 2. The summed E-state index contributed by atoms with van der Waals surface area (Å²) in [7, 11) is 0. The second kappa shape index (κ2) is 14.1. The number of carbonyl (C=O) groups excluding carboxylic acids is 2. The normalized spacial score (nSPS) is 20.2. The molecule has 0 unspecified atom stereocenters. The van der Waals surface area contributed by atoms with Crippen LogP contribution in [0.2, 0.25) is 0 Å². The van der Waals surface area contributed by atoms with Gasteiger partial charge >= 0.3 is 11.9 Å². The SMILES string of the molecule is C[C@H](C[C@@H](C)C(=O)N1CCOCCN(C(=O)[C@H](C)C[C@H](C)C(=O)O)CCOCC1)C(=O)O. The van der Waals surface area contributed by atoms with Gasteiger partial charge in [0.2, 0.25) is 11.8 Å². The fraction of sp³-hybridized carbons (Fsp3) is 0.818. The van der Waals surface area contributed by atoms with Gasteiger partial charge in [0.1, 0.15) is 0 Å². The van der Waals surface area contributed by atoms with Crippen LogP contribution in [0.15, 0.2) is 0 Å². The molecule has 1 fully saturated rings. The van der Waals surface area contributed by atoms with Crippen LogP contribution in [0.25, 0.3) is 0 Å².